The van der Waals surface area contributed by atoms with Crippen LogP contribution in [-0.4, -0.2) is 38.9 Å². The maximum Gasteiger partial charge on any atom is 0.123 e. The summed E-state index contributed by atoms with van der Waals surface area (Å²) in [6.07, 6.45) is 5.48. The van der Waals surface area contributed by atoms with Gasteiger partial charge in [0, 0.05) is 18.8 Å². The number of likely N-dealkylation sites (tertiary alicyclic amines) is 1. The molecule has 2 aromatic rings. The molecule has 5 heteroatoms. The highest BCUT2D eigenvalue weighted by Gasteiger charge is 2.27. The van der Waals surface area contributed by atoms with Crippen molar-refractivity contribution in [1.82, 2.24) is 14.7 Å². The van der Waals surface area contributed by atoms with Crippen LogP contribution in [0.2, 0.25) is 0 Å². The third-order valence-corrected chi connectivity index (χ3v) is 4.30. The van der Waals surface area contributed by atoms with Gasteiger partial charge in [-0.15, -0.1) is 0 Å². The van der Waals surface area contributed by atoms with Crippen LogP contribution in [0.1, 0.15) is 30.1 Å². The van der Waals surface area contributed by atoms with Crippen LogP contribution in [0.15, 0.2) is 36.7 Å². The molecule has 1 aromatic carbocycles. The van der Waals surface area contributed by atoms with Crippen LogP contribution in [0, 0.1) is 12.7 Å². The number of halogens is 1. The molecule has 2 atom stereocenters. The first kappa shape index (κ1) is 15.2. The Morgan fingerprint density at radius 2 is 2.32 bits per heavy atom. The van der Waals surface area contributed by atoms with E-state index in [0.29, 0.717) is 18.2 Å². The van der Waals surface area contributed by atoms with E-state index in [9.17, 15) is 9.50 Å². The van der Waals surface area contributed by atoms with Crippen molar-refractivity contribution in [3.63, 3.8) is 0 Å². The van der Waals surface area contributed by atoms with Crippen LogP contribution < -0.4 is 0 Å². The first-order valence-corrected chi connectivity index (χ1v) is 7.78. The predicted molar refractivity (Wildman–Crippen MR) is 82.9 cm³/mol. The summed E-state index contributed by atoms with van der Waals surface area (Å²) in [6, 6.07) is 6.60. The van der Waals surface area contributed by atoms with Gasteiger partial charge in [0.2, 0.25) is 0 Å². The number of nitrogens with zero attached hydrogens (tertiary/aromatic N) is 3. The second-order valence-electron chi connectivity index (χ2n) is 6.10. The molecule has 1 aliphatic heterocycles. The van der Waals surface area contributed by atoms with Gasteiger partial charge in [0.15, 0.2) is 0 Å². The number of β-amino-alcohol motifs (C(OH)–C–C–N with tert-alkyl or cyclic N) is 1. The number of rotatable bonds is 5. The van der Waals surface area contributed by atoms with E-state index in [1.54, 1.807) is 12.1 Å². The minimum absolute atomic E-state index is 0.304. The highest BCUT2D eigenvalue weighted by Crippen LogP contribution is 2.23. The maximum atomic E-state index is 13.3. The molecular formula is C17H22FN3O. The fourth-order valence-corrected chi connectivity index (χ4v) is 3.17. The Labute approximate surface area is 130 Å². The molecule has 0 radical (unpaired) electrons. The quantitative estimate of drug-likeness (QED) is 0.923. The molecule has 2 heterocycles. The predicted octanol–water partition coefficient (Wildman–Crippen LogP) is 2.53. The summed E-state index contributed by atoms with van der Waals surface area (Å²) < 4.78 is 15.2. The Morgan fingerprint density at radius 3 is 3.05 bits per heavy atom. The number of aliphatic hydroxyl groups is 1. The number of aromatic nitrogens is 2. The van der Waals surface area contributed by atoms with Crippen molar-refractivity contribution in [1.29, 1.82) is 0 Å². The molecule has 0 saturated carbocycles. The van der Waals surface area contributed by atoms with E-state index in [1.165, 1.54) is 12.1 Å². The van der Waals surface area contributed by atoms with E-state index in [0.717, 1.165) is 31.5 Å². The molecule has 1 aromatic heterocycles. The zero-order valence-electron chi connectivity index (χ0n) is 12.8. The van der Waals surface area contributed by atoms with Gasteiger partial charge in [0.1, 0.15) is 5.82 Å². The number of hydrogen-bond acceptors (Lipinski definition) is 3. The molecule has 0 bridgehead atoms. The van der Waals surface area contributed by atoms with Crippen LogP contribution in [0.5, 0.6) is 0 Å². The summed E-state index contributed by atoms with van der Waals surface area (Å²) in [6.45, 7) is 4.37. The molecule has 3 rings (SSSR count). The number of hydrogen-bond donors (Lipinski definition) is 1. The molecule has 1 saturated heterocycles. The van der Waals surface area contributed by atoms with E-state index in [4.69, 9.17) is 0 Å². The Bertz CT molecular complexity index is 628. The van der Waals surface area contributed by atoms with Gasteiger partial charge in [-0.25, -0.2) is 4.39 Å². The van der Waals surface area contributed by atoms with Gasteiger partial charge in [-0.1, -0.05) is 12.1 Å². The lowest BCUT2D eigenvalue weighted by atomic mass is 10.1. The third-order valence-electron chi connectivity index (χ3n) is 4.30. The minimum Gasteiger partial charge on any atom is -0.387 e. The average Bonchev–Trinajstić information content (AvgIpc) is 3.09. The van der Waals surface area contributed by atoms with Crippen molar-refractivity contribution in [2.24, 2.45) is 0 Å². The monoisotopic (exact) mass is 303 g/mol. The molecule has 118 valence electrons. The van der Waals surface area contributed by atoms with Crippen LogP contribution in [0.4, 0.5) is 4.39 Å². The van der Waals surface area contributed by atoms with Crippen molar-refractivity contribution < 1.29 is 9.50 Å². The summed E-state index contributed by atoms with van der Waals surface area (Å²) in [5, 5.41) is 14.7. The molecule has 0 amide bonds. The fraction of sp³-hybridized carbons (Fsp3) is 0.471. The number of aryl methyl sites for hydroxylation is 1. The van der Waals surface area contributed by atoms with E-state index < -0.39 is 6.10 Å². The van der Waals surface area contributed by atoms with Crippen LogP contribution in [0.25, 0.3) is 0 Å². The molecule has 4 nitrogen and oxygen atoms in total. The normalized spacial score (nSPS) is 20.4. The fourth-order valence-electron chi connectivity index (χ4n) is 3.17. The Balaban J connectivity index is 1.63. The average molecular weight is 303 g/mol. The molecule has 22 heavy (non-hydrogen) atoms. The van der Waals surface area contributed by atoms with Gasteiger partial charge in [-0.05, 0) is 49.6 Å². The van der Waals surface area contributed by atoms with Crippen molar-refractivity contribution in [2.45, 2.75) is 38.5 Å². The van der Waals surface area contributed by atoms with Gasteiger partial charge in [-0.3, -0.25) is 9.58 Å². The summed E-state index contributed by atoms with van der Waals surface area (Å²) in [4.78, 5) is 2.28. The first-order chi connectivity index (χ1) is 10.6. The molecule has 1 N–H and O–H groups in total. The van der Waals surface area contributed by atoms with E-state index >= 15 is 0 Å². The van der Waals surface area contributed by atoms with Crippen molar-refractivity contribution in [3.8, 4) is 0 Å². The third kappa shape index (κ3) is 3.54. The van der Waals surface area contributed by atoms with Gasteiger partial charge in [-0.2, -0.15) is 5.10 Å². The minimum atomic E-state index is -0.657. The van der Waals surface area contributed by atoms with Crippen molar-refractivity contribution >= 4 is 0 Å². The molecular weight excluding hydrogens is 281 g/mol. The summed E-state index contributed by atoms with van der Waals surface area (Å²) in [7, 11) is 0. The smallest absolute Gasteiger partial charge is 0.123 e. The summed E-state index contributed by atoms with van der Waals surface area (Å²) >= 11 is 0. The topological polar surface area (TPSA) is 41.3 Å². The highest BCUT2D eigenvalue weighted by molar-refractivity contribution is 5.19. The van der Waals surface area contributed by atoms with E-state index in [2.05, 4.69) is 10.00 Å². The van der Waals surface area contributed by atoms with Gasteiger partial charge < -0.3 is 5.11 Å². The first-order valence-electron chi connectivity index (χ1n) is 7.78. The lowest BCUT2D eigenvalue weighted by molar-refractivity contribution is 0.100. The van der Waals surface area contributed by atoms with Crippen LogP contribution in [-0.2, 0) is 6.54 Å². The zero-order valence-corrected chi connectivity index (χ0v) is 12.8. The Kier molecular flexibility index (Phi) is 4.55. The maximum absolute atomic E-state index is 13.3. The highest BCUT2D eigenvalue weighted by atomic mass is 19.1. The van der Waals surface area contributed by atoms with Gasteiger partial charge in [0.25, 0.3) is 0 Å². The van der Waals surface area contributed by atoms with Crippen molar-refractivity contribution in [3.05, 3.63) is 53.6 Å². The largest absolute Gasteiger partial charge is 0.387 e. The van der Waals surface area contributed by atoms with E-state index in [-0.39, 0.29) is 5.82 Å². The Hall–Kier alpha value is -1.72. The van der Waals surface area contributed by atoms with Gasteiger partial charge >= 0.3 is 0 Å². The second-order valence-corrected chi connectivity index (χ2v) is 6.10. The zero-order chi connectivity index (χ0) is 15.5. The number of benzene rings is 1. The second kappa shape index (κ2) is 6.58. The van der Waals surface area contributed by atoms with Crippen molar-refractivity contribution in [2.75, 3.05) is 13.1 Å². The molecule has 0 unspecified atom stereocenters. The van der Waals surface area contributed by atoms with E-state index in [1.807, 2.05) is 24.0 Å². The number of aliphatic hydroxyl groups excluding tert-OH is 1. The molecule has 0 aliphatic carbocycles. The standard InChI is InChI=1S/C17H22FN3O/c1-13-9-19-21(10-13)11-16-6-3-7-20(16)12-17(22)14-4-2-5-15(18)8-14/h2,4-5,8-10,16-17,22H,3,6-7,11-12H2,1H3/t16-,17-/m0/s1. The summed E-state index contributed by atoms with van der Waals surface area (Å²) in [5.41, 5.74) is 1.80. The van der Waals surface area contributed by atoms with Crippen LogP contribution >= 0.6 is 0 Å². The summed E-state index contributed by atoms with van der Waals surface area (Å²) in [5.74, 6) is -0.304. The molecule has 0 spiro atoms. The van der Waals surface area contributed by atoms with Gasteiger partial charge in [0.05, 0.1) is 18.8 Å². The Morgan fingerprint density at radius 1 is 1.45 bits per heavy atom. The molecule has 1 aliphatic rings. The van der Waals surface area contributed by atoms with Crippen LogP contribution in [0.3, 0.4) is 0 Å². The molecule has 1 fully saturated rings. The lowest BCUT2D eigenvalue weighted by Crippen LogP contribution is -2.36. The lowest BCUT2D eigenvalue weighted by Gasteiger charge is -2.27. The SMILES string of the molecule is Cc1cnn(C[C@@H]2CCCN2C[C@H](O)c2cccc(F)c2)c1.